The molecule has 0 saturated heterocycles. The van der Waals surface area contributed by atoms with E-state index in [0.717, 1.165) is 38.0 Å². The molecule has 116 valence electrons. The number of hydrogen-bond donors (Lipinski definition) is 0. The maximum atomic E-state index is 12.8. The molecule has 22 heavy (non-hydrogen) atoms. The average Bonchev–Trinajstić information content (AvgIpc) is 3.25. The molecular weight excluding hydrogens is 294 g/mol. The lowest BCUT2D eigenvalue weighted by atomic mass is 9.93. The second-order valence-corrected chi connectivity index (χ2v) is 6.68. The summed E-state index contributed by atoms with van der Waals surface area (Å²) in [5, 5.41) is 2.08. The predicted octanol–water partition coefficient (Wildman–Crippen LogP) is 4.27. The third-order valence-electron chi connectivity index (χ3n) is 4.06. The van der Waals surface area contributed by atoms with E-state index in [2.05, 4.69) is 29.7 Å². The molecule has 0 radical (unpaired) electrons. The summed E-state index contributed by atoms with van der Waals surface area (Å²) in [4.78, 5) is 16.1. The van der Waals surface area contributed by atoms with Crippen LogP contribution < -0.4 is 0 Å². The number of furan rings is 1. The minimum atomic E-state index is 0.128. The van der Waals surface area contributed by atoms with Gasteiger partial charge in [-0.2, -0.15) is 0 Å². The van der Waals surface area contributed by atoms with Crippen LogP contribution in [0.5, 0.6) is 0 Å². The van der Waals surface area contributed by atoms with E-state index in [1.54, 1.807) is 17.6 Å². The van der Waals surface area contributed by atoms with Crippen molar-refractivity contribution in [2.24, 2.45) is 5.92 Å². The van der Waals surface area contributed by atoms with Gasteiger partial charge in [-0.25, -0.2) is 0 Å². The number of carbonyl (C=O) groups is 1. The third-order valence-corrected chi connectivity index (χ3v) is 5.00. The average molecular weight is 315 g/mol. The fraction of sp³-hybridized carbons (Fsp3) is 0.389. The number of amides is 1. The lowest BCUT2D eigenvalue weighted by Gasteiger charge is -2.27. The minimum absolute atomic E-state index is 0.128. The molecule has 1 atom stereocenters. The molecule has 0 fully saturated rings. The van der Waals surface area contributed by atoms with Crippen LogP contribution in [-0.4, -0.2) is 17.4 Å². The van der Waals surface area contributed by atoms with E-state index in [9.17, 15) is 4.79 Å². The number of rotatable bonds is 6. The third kappa shape index (κ3) is 3.89. The van der Waals surface area contributed by atoms with Crippen LogP contribution in [0.15, 0.2) is 52.5 Å². The first-order valence-corrected chi connectivity index (χ1v) is 8.69. The van der Waals surface area contributed by atoms with Crippen molar-refractivity contribution in [1.29, 1.82) is 0 Å². The van der Waals surface area contributed by atoms with Crippen LogP contribution >= 0.6 is 11.3 Å². The first-order chi connectivity index (χ1) is 10.8. The highest BCUT2D eigenvalue weighted by molar-refractivity contribution is 7.09. The van der Waals surface area contributed by atoms with Crippen LogP contribution in [0.2, 0.25) is 0 Å². The van der Waals surface area contributed by atoms with Gasteiger partial charge < -0.3 is 9.32 Å². The molecule has 3 nitrogen and oxygen atoms in total. The zero-order valence-electron chi connectivity index (χ0n) is 12.6. The number of hydrogen-bond acceptors (Lipinski definition) is 3. The first kappa shape index (κ1) is 15.1. The maximum Gasteiger partial charge on any atom is 0.226 e. The lowest BCUT2D eigenvalue weighted by Crippen LogP contribution is -2.37. The molecule has 2 aromatic rings. The van der Waals surface area contributed by atoms with Gasteiger partial charge in [-0.3, -0.25) is 4.79 Å². The minimum Gasteiger partial charge on any atom is -0.467 e. The van der Waals surface area contributed by atoms with Crippen LogP contribution in [0.3, 0.4) is 0 Å². The summed E-state index contributed by atoms with van der Waals surface area (Å²) in [5.41, 5.74) is 0. The molecule has 0 N–H and O–H groups in total. The van der Waals surface area contributed by atoms with E-state index in [-0.39, 0.29) is 11.8 Å². The Morgan fingerprint density at radius 3 is 2.95 bits per heavy atom. The van der Waals surface area contributed by atoms with Gasteiger partial charge in [-0.05, 0) is 49.3 Å². The monoisotopic (exact) mass is 315 g/mol. The molecule has 4 heteroatoms. The lowest BCUT2D eigenvalue weighted by molar-refractivity contribution is -0.136. The van der Waals surface area contributed by atoms with Gasteiger partial charge in [0, 0.05) is 17.3 Å². The summed E-state index contributed by atoms with van der Waals surface area (Å²) < 4.78 is 5.43. The van der Waals surface area contributed by atoms with Crippen LogP contribution in [0.4, 0.5) is 0 Å². The van der Waals surface area contributed by atoms with Crippen molar-refractivity contribution in [2.75, 3.05) is 6.54 Å². The number of nitrogens with zero attached hydrogens (tertiary/aromatic N) is 1. The predicted molar refractivity (Wildman–Crippen MR) is 88.6 cm³/mol. The molecule has 0 saturated carbocycles. The van der Waals surface area contributed by atoms with E-state index in [0.29, 0.717) is 6.54 Å². The van der Waals surface area contributed by atoms with Crippen molar-refractivity contribution in [3.8, 4) is 0 Å². The maximum absolute atomic E-state index is 12.8. The van der Waals surface area contributed by atoms with Crippen LogP contribution in [0.1, 0.15) is 29.9 Å². The molecule has 0 unspecified atom stereocenters. The van der Waals surface area contributed by atoms with Gasteiger partial charge in [-0.1, -0.05) is 18.2 Å². The van der Waals surface area contributed by atoms with Gasteiger partial charge in [0.1, 0.15) is 5.76 Å². The summed E-state index contributed by atoms with van der Waals surface area (Å²) >= 11 is 1.75. The Kier molecular flexibility index (Phi) is 5.11. The molecule has 2 heterocycles. The van der Waals surface area contributed by atoms with Crippen LogP contribution in [0, 0.1) is 5.92 Å². The van der Waals surface area contributed by atoms with Crippen LogP contribution in [-0.2, 0) is 17.8 Å². The van der Waals surface area contributed by atoms with Gasteiger partial charge in [0.25, 0.3) is 0 Å². The van der Waals surface area contributed by atoms with Crippen molar-refractivity contribution in [3.63, 3.8) is 0 Å². The number of carbonyl (C=O) groups excluding carboxylic acids is 1. The van der Waals surface area contributed by atoms with Crippen LogP contribution in [0.25, 0.3) is 0 Å². The topological polar surface area (TPSA) is 33.5 Å². The summed E-state index contributed by atoms with van der Waals surface area (Å²) in [5.74, 6) is 1.24. The molecule has 2 aromatic heterocycles. The van der Waals surface area contributed by atoms with Crippen molar-refractivity contribution < 1.29 is 9.21 Å². The van der Waals surface area contributed by atoms with Crippen molar-refractivity contribution >= 4 is 17.2 Å². The first-order valence-electron chi connectivity index (χ1n) is 7.81. The summed E-state index contributed by atoms with van der Waals surface area (Å²) in [7, 11) is 0. The number of thiophene rings is 1. The Balaban J connectivity index is 1.66. The molecule has 1 aliphatic rings. The van der Waals surface area contributed by atoms with E-state index in [1.165, 1.54) is 4.88 Å². The molecular formula is C18H21NO2S. The summed E-state index contributed by atoms with van der Waals surface area (Å²) in [6.45, 7) is 1.32. The fourth-order valence-corrected chi connectivity index (χ4v) is 3.53. The van der Waals surface area contributed by atoms with Gasteiger partial charge >= 0.3 is 0 Å². The Labute approximate surface area is 135 Å². The highest BCUT2D eigenvalue weighted by Crippen LogP contribution is 2.22. The molecule has 1 aliphatic carbocycles. The fourth-order valence-electron chi connectivity index (χ4n) is 2.83. The SMILES string of the molecule is O=C([C@H]1CC=CCC1)N(CCc1cccs1)Cc1ccco1. The molecule has 3 rings (SSSR count). The summed E-state index contributed by atoms with van der Waals surface area (Å²) in [6, 6.07) is 8.00. The molecule has 0 spiro atoms. The second kappa shape index (κ2) is 7.45. The van der Waals surface area contributed by atoms with Crippen molar-refractivity contribution in [3.05, 3.63) is 58.7 Å². The molecule has 0 aliphatic heterocycles. The largest absolute Gasteiger partial charge is 0.467 e. The van der Waals surface area contributed by atoms with Crippen molar-refractivity contribution in [2.45, 2.75) is 32.2 Å². The standard InChI is InChI=1S/C18H21NO2S/c20-18(15-6-2-1-3-7-15)19(14-16-8-4-12-21-16)11-10-17-9-5-13-22-17/h1-2,4-5,8-9,12-13,15H,3,6-7,10-11,14H2/t15-/m0/s1. The van der Waals surface area contributed by atoms with E-state index < -0.39 is 0 Å². The smallest absolute Gasteiger partial charge is 0.226 e. The van der Waals surface area contributed by atoms with E-state index in [1.807, 2.05) is 17.0 Å². The highest BCUT2D eigenvalue weighted by atomic mass is 32.1. The highest BCUT2D eigenvalue weighted by Gasteiger charge is 2.25. The Bertz CT molecular complexity index is 601. The molecule has 0 bridgehead atoms. The Hall–Kier alpha value is -1.81. The van der Waals surface area contributed by atoms with Gasteiger partial charge in [0.2, 0.25) is 5.91 Å². The number of allylic oxidation sites excluding steroid dienone is 2. The summed E-state index contributed by atoms with van der Waals surface area (Å²) in [6.07, 6.45) is 9.72. The zero-order chi connectivity index (χ0) is 15.2. The van der Waals surface area contributed by atoms with Crippen molar-refractivity contribution in [1.82, 2.24) is 4.90 Å². The van der Waals surface area contributed by atoms with Gasteiger partial charge in [0.15, 0.2) is 0 Å². The second-order valence-electron chi connectivity index (χ2n) is 5.65. The molecule has 0 aromatic carbocycles. The van der Waals surface area contributed by atoms with Gasteiger partial charge in [-0.15, -0.1) is 11.3 Å². The van der Waals surface area contributed by atoms with E-state index >= 15 is 0 Å². The Morgan fingerprint density at radius 1 is 1.32 bits per heavy atom. The quantitative estimate of drug-likeness (QED) is 0.746. The zero-order valence-corrected chi connectivity index (χ0v) is 13.4. The normalized spacial score (nSPS) is 17.5. The van der Waals surface area contributed by atoms with E-state index in [4.69, 9.17) is 4.42 Å². The Morgan fingerprint density at radius 2 is 2.27 bits per heavy atom. The van der Waals surface area contributed by atoms with Gasteiger partial charge in [0.05, 0.1) is 12.8 Å². The molecule has 1 amide bonds.